The number of hydrogen-bond donors (Lipinski definition) is 1. The van der Waals surface area contributed by atoms with Gasteiger partial charge in [0, 0.05) is 18.8 Å². The summed E-state index contributed by atoms with van der Waals surface area (Å²) < 4.78 is 51.4. The molecule has 0 radical (unpaired) electrons. The Morgan fingerprint density at radius 1 is 1.19 bits per heavy atom. The van der Waals surface area contributed by atoms with Crippen LogP contribution in [0.15, 0.2) is 46.8 Å². The number of piperidine rings is 1. The Bertz CT molecular complexity index is 1390. The highest BCUT2D eigenvalue weighted by Gasteiger charge is 2.39. The minimum Gasteiger partial charge on any atom is -0.326 e. The highest BCUT2D eigenvalue weighted by Crippen LogP contribution is 2.30. The molecule has 0 unspecified atom stereocenters. The van der Waals surface area contributed by atoms with E-state index in [0.717, 1.165) is 26.3 Å². The molecule has 12 heteroatoms. The molecule has 0 spiro atoms. The van der Waals surface area contributed by atoms with Crippen molar-refractivity contribution in [1.82, 2.24) is 18.0 Å². The first-order valence-corrected chi connectivity index (χ1v) is 12.5. The van der Waals surface area contributed by atoms with E-state index in [1.165, 1.54) is 17.4 Å². The van der Waals surface area contributed by atoms with Crippen LogP contribution in [0.1, 0.15) is 6.42 Å². The number of thiazole rings is 1. The normalized spacial score (nSPS) is 20.3. The maximum absolute atomic E-state index is 15.0. The number of rotatable bonds is 4. The molecule has 0 bridgehead atoms. The SMILES string of the molecule is O=C(Nc1ccc2scnc2c1)[C@@H]1CCN(S(=O)(=O)c2cccc3nsnc23)C[C@H]1F. The summed E-state index contributed by atoms with van der Waals surface area (Å²) in [6.45, 7) is -0.348. The van der Waals surface area contributed by atoms with Crippen molar-refractivity contribution in [2.24, 2.45) is 5.92 Å². The Morgan fingerprint density at radius 2 is 2.06 bits per heavy atom. The zero-order valence-electron chi connectivity index (χ0n) is 15.9. The maximum atomic E-state index is 15.0. The van der Waals surface area contributed by atoms with Crippen LogP contribution in [0.3, 0.4) is 0 Å². The van der Waals surface area contributed by atoms with Crippen LogP contribution < -0.4 is 5.32 Å². The zero-order valence-corrected chi connectivity index (χ0v) is 18.4. The van der Waals surface area contributed by atoms with Crippen LogP contribution in [0, 0.1) is 5.92 Å². The molecule has 1 aliphatic rings. The van der Waals surface area contributed by atoms with Crippen LogP contribution in [0.5, 0.6) is 0 Å². The van der Waals surface area contributed by atoms with Crippen molar-refractivity contribution in [2.75, 3.05) is 18.4 Å². The Balaban J connectivity index is 1.31. The lowest BCUT2D eigenvalue weighted by atomic mass is 9.95. The van der Waals surface area contributed by atoms with Crippen LogP contribution in [0.25, 0.3) is 21.3 Å². The summed E-state index contributed by atoms with van der Waals surface area (Å²) in [5, 5.41) is 2.73. The van der Waals surface area contributed by atoms with E-state index < -0.39 is 28.0 Å². The number of benzene rings is 2. The van der Waals surface area contributed by atoms with E-state index in [1.54, 1.807) is 29.8 Å². The predicted octanol–water partition coefficient (Wildman–Crippen LogP) is 3.29. The molecule has 8 nitrogen and oxygen atoms in total. The number of hydrogen-bond acceptors (Lipinski definition) is 8. The molecule has 1 aliphatic heterocycles. The summed E-state index contributed by atoms with van der Waals surface area (Å²) in [6, 6.07) is 10.0. The summed E-state index contributed by atoms with van der Waals surface area (Å²) in [5.41, 5.74) is 3.76. The van der Waals surface area contributed by atoms with Crippen molar-refractivity contribution in [3.05, 3.63) is 41.9 Å². The second-order valence-electron chi connectivity index (χ2n) is 7.19. The summed E-state index contributed by atoms with van der Waals surface area (Å²) in [6.07, 6.45) is -1.55. The van der Waals surface area contributed by atoms with Crippen LogP contribution in [-0.4, -0.2) is 51.6 Å². The van der Waals surface area contributed by atoms with Gasteiger partial charge in [0.15, 0.2) is 0 Å². The van der Waals surface area contributed by atoms with Crippen molar-refractivity contribution >= 4 is 65.9 Å². The fraction of sp³-hybridized carbons (Fsp3) is 0.263. The van der Waals surface area contributed by atoms with Crippen molar-refractivity contribution in [1.29, 1.82) is 0 Å². The largest absolute Gasteiger partial charge is 0.326 e. The van der Waals surface area contributed by atoms with Gasteiger partial charge in [-0.15, -0.1) is 11.3 Å². The van der Waals surface area contributed by atoms with Crippen molar-refractivity contribution in [2.45, 2.75) is 17.5 Å². The summed E-state index contributed by atoms with van der Waals surface area (Å²) in [5.74, 6) is -1.40. The Hall–Kier alpha value is -2.54. The number of anilines is 1. The smallest absolute Gasteiger partial charge is 0.245 e. The number of fused-ring (bicyclic) bond motifs is 2. The molecule has 3 heterocycles. The van der Waals surface area contributed by atoms with Crippen molar-refractivity contribution < 1.29 is 17.6 Å². The lowest BCUT2D eigenvalue weighted by molar-refractivity contribution is -0.123. The zero-order chi connectivity index (χ0) is 21.6. The first-order chi connectivity index (χ1) is 14.9. The second kappa shape index (κ2) is 7.86. The standard InChI is InChI=1S/C19H16FN5O3S3/c20-13-9-25(31(27,28)17-3-1-2-14-18(17)24-30-23-14)7-6-12(13)19(26)22-11-4-5-16-15(8-11)21-10-29-16/h1-5,8,10,12-13H,6-7,9H2,(H,22,26)/t12-,13-/m1/s1. The van der Waals surface area contributed by atoms with Gasteiger partial charge >= 0.3 is 0 Å². The van der Waals surface area contributed by atoms with Crippen LogP contribution >= 0.6 is 23.1 Å². The number of carbonyl (C=O) groups is 1. The minimum atomic E-state index is -3.96. The van der Waals surface area contributed by atoms with E-state index >= 15 is 0 Å². The number of sulfonamides is 1. The van der Waals surface area contributed by atoms with Gasteiger partial charge in [0.2, 0.25) is 15.9 Å². The molecule has 2 aromatic heterocycles. The van der Waals surface area contributed by atoms with Gasteiger partial charge in [-0.1, -0.05) is 6.07 Å². The van der Waals surface area contributed by atoms with E-state index in [4.69, 9.17) is 0 Å². The number of aromatic nitrogens is 3. The lowest BCUT2D eigenvalue weighted by Crippen LogP contribution is -2.48. The van der Waals surface area contributed by atoms with Gasteiger partial charge in [-0.05, 0) is 36.8 Å². The van der Waals surface area contributed by atoms with E-state index in [9.17, 15) is 17.6 Å². The Kier molecular flexibility index (Phi) is 5.16. The molecule has 2 aromatic carbocycles. The van der Waals surface area contributed by atoms with Crippen LogP contribution in [0.2, 0.25) is 0 Å². The van der Waals surface area contributed by atoms with Gasteiger partial charge in [-0.25, -0.2) is 17.8 Å². The van der Waals surface area contributed by atoms with Gasteiger partial charge in [0.1, 0.15) is 22.1 Å². The molecule has 31 heavy (non-hydrogen) atoms. The number of carbonyl (C=O) groups excluding carboxylic acids is 1. The average molecular weight is 478 g/mol. The molecule has 1 fully saturated rings. The van der Waals surface area contributed by atoms with Gasteiger partial charge in [-0.3, -0.25) is 4.79 Å². The third-order valence-corrected chi connectivity index (χ3v) is 8.55. The summed E-state index contributed by atoms with van der Waals surface area (Å²) in [4.78, 5) is 16.9. The Morgan fingerprint density at radius 3 is 2.90 bits per heavy atom. The Labute approximate surface area is 185 Å². The molecule has 1 amide bonds. The first kappa shape index (κ1) is 20.4. The van der Waals surface area contributed by atoms with Crippen molar-refractivity contribution in [3.63, 3.8) is 0 Å². The number of amides is 1. The molecule has 0 aliphatic carbocycles. The number of nitrogens with zero attached hydrogens (tertiary/aromatic N) is 4. The van der Waals surface area contributed by atoms with Crippen LogP contribution in [0.4, 0.5) is 10.1 Å². The topological polar surface area (TPSA) is 105 Å². The monoisotopic (exact) mass is 477 g/mol. The van der Waals surface area contributed by atoms with Gasteiger partial charge < -0.3 is 5.32 Å². The summed E-state index contributed by atoms with van der Waals surface area (Å²) >= 11 is 2.41. The summed E-state index contributed by atoms with van der Waals surface area (Å²) in [7, 11) is -3.96. The van der Waals surface area contributed by atoms with E-state index in [2.05, 4.69) is 19.0 Å². The molecule has 1 N–H and O–H groups in total. The van der Waals surface area contributed by atoms with E-state index in [1.807, 2.05) is 6.07 Å². The van der Waals surface area contributed by atoms with E-state index in [0.29, 0.717) is 11.2 Å². The molecule has 0 saturated carbocycles. The minimum absolute atomic E-state index is 0.00502. The molecule has 4 aromatic rings. The predicted molar refractivity (Wildman–Crippen MR) is 117 cm³/mol. The third-order valence-electron chi connectivity index (χ3n) is 5.31. The number of nitrogens with one attached hydrogen (secondary N) is 1. The quantitative estimate of drug-likeness (QED) is 0.484. The van der Waals surface area contributed by atoms with Gasteiger partial charge in [0.05, 0.1) is 33.4 Å². The third kappa shape index (κ3) is 3.69. The fourth-order valence-corrected chi connectivity index (χ4v) is 6.56. The average Bonchev–Trinajstić information content (AvgIpc) is 3.42. The molecular weight excluding hydrogens is 461 g/mol. The lowest BCUT2D eigenvalue weighted by Gasteiger charge is -2.33. The van der Waals surface area contributed by atoms with Crippen LogP contribution in [-0.2, 0) is 14.8 Å². The fourth-order valence-electron chi connectivity index (χ4n) is 3.69. The van der Waals surface area contributed by atoms with Gasteiger partial charge in [-0.2, -0.15) is 13.1 Å². The van der Waals surface area contributed by atoms with E-state index in [-0.39, 0.29) is 29.9 Å². The highest BCUT2D eigenvalue weighted by molar-refractivity contribution is 7.89. The van der Waals surface area contributed by atoms with Gasteiger partial charge in [0.25, 0.3) is 0 Å². The number of halogens is 1. The second-order valence-corrected chi connectivity index (χ2v) is 10.5. The number of alkyl halides is 1. The molecule has 5 rings (SSSR count). The molecule has 1 saturated heterocycles. The highest BCUT2D eigenvalue weighted by atomic mass is 32.2. The molecule has 160 valence electrons. The molecule has 2 atom stereocenters. The maximum Gasteiger partial charge on any atom is 0.245 e. The molecular formula is C19H16FN5O3S3. The first-order valence-electron chi connectivity index (χ1n) is 9.43. The van der Waals surface area contributed by atoms with Crippen molar-refractivity contribution in [3.8, 4) is 0 Å².